The fraction of sp³-hybridized carbons (Fsp3) is 0.562. The highest BCUT2D eigenvalue weighted by Gasteiger charge is 2.13. The second-order valence-electron chi connectivity index (χ2n) is 5.67. The molecule has 0 aliphatic heterocycles. The third kappa shape index (κ3) is 5.91. The quantitative estimate of drug-likeness (QED) is 0.796. The predicted molar refractivity (Wildman–Crippen MR) is 81.4 cm³/mol. The lowest BCUT2D eigenvalue weighted by Crippen LogP contribution is -2.33. The average molecular weight is 300 g/mol. The molecule has 0 heterocycles. The number of rotatable bonds is 7. The topological polar surface area (TPSA) is 29.1 Å². The molecule has 0 radical (unpaired) electrons. The number of amides is 1. The molecule has 1 amide bonds. The van der Waals surface area contributed by atoms with Crippen molar-refractivity contribution in [3.8, 4) is 0 Å². The molecule has 0 bridgehead atoms. The Kier molecular flexibility index (Phi) is 7.00. The Morgan fingerprint density at radius 3 is 2.60 bits per heavy atom. The van der Waals surface area contributed by atoms with Crippen LogP contribution in [0.2, 0.25) is 5.02 Å². The van der Waals surface area contributed by atoms with Gasteiger partial charge in [0.1, 0.15) is 5.82 Å². The van der Waals surface area contributed by atoms with Crippen molar-refractivity contribution in [2.24, 2.45) is 5.92 Å². The van der Waals surface area contributed by atoms with Gasteiger partial charge in [0.15, 0.2) is 0 Å². The number of nitrogens with one attached hydrogen (secondary N) is 1. The lowest BCUT2D eigenvalue weighted by molar-refractivity contribution is -0.121. The molecule has 1 N–H and O–H groups in total. The van der Waals surface area contributed by atoms with Crippen LogP contribution in [-0.4, -0.2) is 11.9 Å². The Morgan fingerprint density at radius 1 is 1.30 bits per heavy atom. The Bertz CT molecular complexity index is 428. The van der Waals surface area contributed by atoms with Gasteiger partial charge in [0, 0.05) is 16.6 Å². The first-order valence-electron chi connectivity index (χ1n) is 7.12. The van der Waals surface area contributed by atoms with E-state index in [4.69, 9.17) is 11.6 Å². The van der Waals surface area contributed by atoms with E-state index in [-0.39, 0.29) is 23.9 Å². The lowest BCUT2D eigenvalue weighted by atomic mass is 10.0. The standard InChI is InChI=1S/C16H23ClFNO/c1-11(2)6-4-7-12(3)19-16(20)10-13-14(17)8-5-9-15(13)18/h5,8-9,11-12H,4,6-7,10H2,1-3H3,(H,19,20). The van der Waals surface area contributed by atoms with Crippen LogP contribution in [0.3, 0.4) is 0 Å². The summed E-state index contributed by atoms with van der Waals surface area (Å²) in [6.07, 6.45) is 3.16. The first kappa shape index (κ1) is 17.0. The number of carbonyl (C=O) groups excluding carboxylic acids is 1. The largest absolute Gasteiger partial charge is 0.353 e. The molecule has 1 aromatic carbocycles. The summed E-state index contributed by atoms with van der Waals surface area (Å²) in [5, 5.41) is 3.19. The highest BCUT2D eigenvalue weighted by atomic mass is 35.5. The first-order chi connectivity index (χ1) is 9.40. The molecule has 0 fully saturated rings. The first-order valence-corrected chi connectivity index (χ1v) is 7.50. The lowest BCUT2D eigenvalue weighted by Gasteiger charge is -2.15. The molecule has 0 aliphatic rings. The van der Waals surface area contributed by atoms with Gasteiger partial charge in [0.05, 0.1) is 6.42 Å². The molecule has 0 spiro atoms. The normalized spacial score (nSPS) is 12.5. The maximum Gasteiger partial charge on any atom is 0.224 e. The summed E-state index contributed by atoms with van der Waals surface area (Å²) in [4.78, 5) is 11.9. The minimum Gasteiger partial charge on any atom is -0.353 e. The zero-order valence-corrected chi connectivity index (χ0v) is 13.1. The molecular weight excluding hydrogens is 277 g/mol. The minimum absolute atomic E-state index is 0.0139. The highest BCUT2D eigenvalue weighted by Crippen LogP contribution is 2.19. The summed E-state index contributed by atoms with van der Waals surface area (Å²) in [5.41, 5.74) is 0.265. The van der Waals surface area contributed by atoms with Crippen molar-refractivity contribution in [2.75, 3.05) is 0 Å². The Morgan fingerprint density at radius 2 is 2.00 bits per heavy atom. The molecular formula is C16H23ClFNO. The predicted octanol–water partition coefficient (Wildman–Crippen LogP) is 4.35. The van der Waals surface area contributed by atoms with Crippen LogP contribution >= 0.6 is 11.6 Å². The van der Waals surface area contributed by atoms with E-state index in [1.807, 2.05) is 6.92 Å². The van der Waals surface area contributed by atoms with Crippen LogP contribution in [0, 0.1) is 11.7 Å². The van der Waals surface area contributed by atoms with Crippen LogP contribution in [0.1, 0.15) is 45.6 Å². The van der Waals surface area contributed by atoms with Crippen molar-refractivity contribution >= 4 is 17.5 Å². The third-order valence-electron chi connectivity index (χ3n) is 3.23. The molecule has 1 aromatic rings. The van der Waals surface area contributed by atoms with Crippen molar-refractivity contribution < 1.29 is 9.18 Å². The van der Waals surface area contributed by atoms with Crippen molar-refractivity contribution in [3.63, 3.8) is 0 Å². The molecule has 0 aromatic heterocycles. The molecule has 2 nitrogen and oxygen atoms in total. The minimum atomic E-state index is -0.430. The van der Waals surface area contributed by atoms with Gasteiger partial charge < -0.3 is 5.32 Å². The van der Waals surface area contributed by atoms with Crippen molar-refractivity contribution in [1.82, 2.24) is 5.32 Å². The van der Waals surface area contributed by atoms with Crippen LogP contribution < -0.4 is 5.32 Å². The van der Waals surface area contributed by atoms with E-state index in [1.165, 1.54) is 12.1 Å². The van der Waals surface area contributed by atoms with Gasteiger partial charge in [-0.1, -0.05) is 44.4 Å². The smallest absolute Gasteiger partial charge is 0.224 e. The zero-order valence-electron chi connectivity index (χ0n) is 12.4. The fourth-order valence-electron chi connectivity index (χ4n) is 2.09. The number of carbonyl (C=O) groups is 1. The second-order valence-corrected chi connectivity index (χ2v) is 6.08. The van der Waals surface area contributed by atoms with E-state index in [9.17, 15) is 9.18 Å². The molecule has 112 valence electrons. The summed E-state index contributed by atoms with van der Waals surface area (Å²) >= 11 is 5.91. The van der Waals surface area contributed by atoms with Gasteiger partial charge in [0.2, 0.25) is 5.91 Å². The number of hydrogen-bond donors (Lipinski definition) is 1. The number of benzene rings is 1. The SMILES string of the molecule is CC(C)CCCC(C)NC(=O)Cc1c(F)cccc1Cl. The molecule has 1 atom stereocenters. The molecule has 0 aliphatic carbocycles. The van der Waals surface area contributed by atoms with Gasteiger partial charge in [-0.15, -0.1) is 0 Å². The van der Waals surface area contributed by atoms with Crippen LogP contribution in [-0.2, 0) is 11.2 Å². The van der Waals surface area contributed by atoms with Crippen LogP contribution in [0.15, 0.2) is 18.2 Å². The average Bonchev–Trinajstić information content (AvgIpc) is 2.33. The van der Waals surface area contributed by atoms with E-state index < -0.39 is 5.82 Å². The van der Waals surface area contributed by atoms with Crippen molar-refractivity contribution in [3.05, 3.63) is 34.6 Å². The Hall–Kier alpha value is -1.09. The number of halogens is 2. The second kappa shape index (κ2) is 8.25. The summed E-state index contributed by atoms with van der Waals surface area (Å²) in [7, 11) is 0. The van der Waals surface area contributed by atoms with Crippen molar-refractivity contribution in [1.29, 1.82) is 0 Å². The number of hydrogen-bond acceptors (Lipinski definition) is 1. The summed E-state index contributed by atoms with van der Waals surface area (Å²) < 4.78 is 13.6. The van der Waals surface area contributed by atoms with Crippen LogP contribution in [0.4, 0.5) is 4.39 Å². The van der Waals surface area contributed by atoms with E-state index in [2.05, 4.69) is 19.2 Å². The molecule has 20 heavy (non-hydrogen) atoms. The summed E-state index contributed by atoms with van der Waals surface area (Å²) in [5.74, 6) is 0.0595. The molecule has 0 saturated carbocycles. The van der Waals surface area contributed by atoms with Gasteiger partial charge in [-0.05, 0) is 31.4 Å². The Labute approximate surface area is 125 Å². The maximum absolute atomic E-state index is 13.6. The van der Waals surface area contributed by atoms with Gasteiger partial charge in [0.25, 0.3) is 0 Å². The molecule has 0 saturated heterocycles. The fourth-order valence-corrected chi connectivity index (χ4v) is 2.32. The van der Waals surface area contributed by atoms with Gasteiger partial charge >= 0.3 is 0 Å². The van der Waals surface area contributed by atoms with Gasteiger partial charge in [-0.3, -0.25) is 4.79 Å². The van der Waals surface area contributed by atoms with Gasteiger partial charge in [-0.25, -0.2) is 4.39 Å². The third-order valence-corrected chi connectivity index (χ3v) is 3.58. The van der Waals surface area contributed by atoms with E-state index >= 15 is 0 Å². The molecule has 4 heteroatoms. The summed E-state index contributed by atoms with van der Waals surface area (Å²) in [6.45, 7) is 6.34. The Balaban J connectivity index is 2.43. The summed E-state index contributed by atoms with van der Waals surface area (Å²) in [6, 6.07) is 4.56. The zero-order chi connectivity index (χ0) is 15.1. The van der Waals surface area contributed by atoms with Crippen LogP contribution in [0.25, 0.3) is 0 Å². The van der Waals surface area contributed by atoms with Gasteiger partial charge in [-0.2, -0.15) is 0 Å². The molecule has 1 rings (SSSR count). The monoisotopic (exact) mass is 299 g/mol. The maximum atomic E-state index is 13.6. The van der Waals surface area contributed by atoms with Crippen molar-refractivity contribution in [2.45, 2.75) is 52.5 Å². The highest BCUT2D eigenvalue weighted by molar-refractivity contribution is 6.31. The molecule has 1 unspecified atom stereocenters. The van der Waals surface area contributed by atoms with E-state index in [1.54, 1.807) is 6.07 Å². The van der Waals surface area contributed by atoms with E-state index in [0.717, 1.165) is 19.3 Å². The van der Waals surface area contributed by atoms with E-state index in [0.29, 0.717) is 10.9 Å². The van der Waals surface area contributed by atoms with Crippen LogP contribution in [0.5, 0.6) is 0 Å².